The Morgan fingerprint density at radius 2 is 1.60 bits per heavy atom. The van der Waals surface area contributed by atoms with Crippen molar-refractivity contribution in [3.05, 3.63) is 0 Å². The van der Waals surface area contributed by atoms with Crippen LogP contribution in [0.5, 0.6) is 0 Å². The highest BCUT2D eigenvalue weighted by Gasteiger charge is 2.37. The highest BCUT2D eigenvalue weighted by Crippen LogP contribution is 2.37. The quantitative estimate of drug-likeness (QED) is 0.839. The number of fused-ring (bicyclic) bond motifs is 1. The van der Waals surface area contributed by atoms with Gasteiger partial charge in [0.05, 0.1) is 12.5 Å². The van der Waals surface area contributed by atoms with E-state index >= 15 is 0 Å². The van der Waals surface area contributed by atoms with Gasteiger partial charge in [0.1, 0.15) is 0 Å². The van der Waals surface area contributed by atoms with Crippen molar-refractivity contribution in [2.24, 2.45) is 17.8 Å². The summed E-state index contributed by atoms with van der Waals surface area (Å²) in [6.07, 6.45) is 5.23. The lowest BCUT2D eigenvalue weighted by Gasteiger charge is -2.31. The van der Waals surface area contributed by atoms with E-state index in [1.807, 2.05) is 4.90 Å². The molecule has 0 radical (unpaired) electrons. The van der Waals surface area contributed by atoms with Gasteiger partial charge in [0.15, 0.2) is 0 Å². The molecule has 5 nitrogen and oxygen atoms in total. The van der Waals surface area contributed by atoms with Gasteiger partial charge in [-0.25, -0.2) is 0 Å². The average Bonchev–Trinajstić information content (AvgIpc) is 2.99. The molecule has 2 unspecified atom stereocenters. The minimum Gasteiger partial charge on any atom is -0.481 e. The fraction of sp³-hybridized carbons (Fsp3) is 0.867. The molecule has 3 fully saturated rings. The van der Waals surface area contributed by atoms with Crippen molar-refractivity contribution in [1.82, 2.24) is 9.80 Å². The molecule has 0 spiro atoms. The molecule has 2 saturated heterocycles. The van der Waals surface area contributed by atoms with Crippen LogP contribution in [0.25, 0.3) is 0 Å². The van der Waals surface area contributed by atoms with Crippen molar-refractivity contribution in [1.29, 1.82) is 0 Å². The van der Waals surface area contributed by atoms with E-state index in [0.717, 1.165) is 24.9 Å². The molecule has 112 valence electrons. The maximum absolute atomic E-state index is 12.3. The molecule has 0 aromatic carbocycles. The third-order valence-electron chi connectivity index (χ3n) is 5.36. The molecule has 20 heavy (non-hydrogen) atoms. The molecule has 0 aromatic rings. The zero-order chi connectivity index (χ0) is 14.1. The van der Waals surface area contributed by atoms with Crippen LogP contribution in [0.4, 0.5) is 0 Å². The molecule has 2 heterocycles. The summed E-state index contributed by atoms with van der Waals surface area (Å²) < 4.78 is 0. The molecule has 2 atom stereocenters. The summed E-state index contributed by atoms with van der Waals surface area (Å²) in [7, 11) is 0. The Hall–Kier alpha value is -1.10. The van der Waals surface area contributed by atoms with Crippen LogP contribution in [-0.4, -0.2) is 59.5 Å². The number of hydrogen-bond donors (Lipinski definition) is 1. The minimum absolute atomic E-state index is 0.189. The van der Waals surface area contributed by atoms with Crippen molar-refractivity contribution in [2.45, 2.75) is 32.1 Å². The van der Waals surface area contributed by atoms with Crippen LogP contribution in [0.1, 0.15) is 32.1 Å². The van der Waals surface area contributed by atoms with Crippen LogP contribution < -0.4 is 0 Å². The zero-order valence-electron chi connectivity index (χ0n) is 12.0. The van der Waals surface area contributed by atoms with Crippen molar-refractivity contribution in [2.75, 3.05) is 32.7 Å². The van der Waals surface area contributed by atoms with Crippen molar-refractivity contribution in [3.8, 4) is 0 Å². The van der Waals surface area contributed by atoms with E-state index in [1.165, 1.54) is 19.3 Å². The molecule has 1 amide bonds. The van der Waals surface area contributed by atoms with Gasteiger partial charge in [-0.05, 0) is 37.5 Å². The molecule has 1 aliphatic carbocycles. The number of likely N-dealkylation sites (tertiary alicyclic amines) is 2. The Balaban J connectivity index is 1.45. The predicted octanol–water partition coefficient (Wildman–Crippen LogP) is 1.04. The Bertz CT molecular complexity index is 379. The lowest BCUT2D eigenvalue weighted by atomic mass is 9.97. The molecule has 1 saturated carbocycles. The summed E-state index contributed by atoms with van der Waals surface area (Å²) >= 11 is 0. The second-order valence-electron chi connectivity index (χ2n) is 6.64. The van der Waals surface area contributed by atoms with Gasteiger partial charge in [0.25, 0.3) is 0 Å². The van der Waals surface area contributed by atoms with Crippen LogP contribution in [-0.2, 0) is 9.59 Å². The van der Waals surface area contributed by atoms with E-state index in [2.05, 4.69) is 4.90 Å². The fourth-order valence-electron chi connectivity index (χ4n) is 4.13. The zero-order valence-corrected chi connectivity index (χ0v) is 12.0. The molecule has 3 rings (SSSR count). The van der Waals surface area contributed by atoms with Gasteiger partial charge >= 0.3 is 5.97 Å². The minimum atomic E-state index is -0.718. The molecule has 3 aliphatic rings. The molecule has 0 bridgehead atoms. The second kappa shape index (κ2) is 5.72. The first kappa shape index (κ1) is 13.9. The highest BCUT2D eigenvalue weighted by atomic mass is 16.4. The second-order valence-corrected chi connectivity index (χ2v) is 6.64. The summed E-state index contributed by atoms with van der Waals surface area (Å²) in [5.41, 5.74) is 0. The predicted molar refractivity (Wildman–Crippen MR) is 74.2 cm³/mol. The van der Waals surface area contributed by atoms with Gasteiger partial charge in [0, 0.05) is 26.2 Å². The Labute approximate surface area is 119 Å². The Kier molecular flexibility index (Phi) is 3.96. The number of carbonyl (C=O) groups is 2. The lowest BCUT2D eigenvalue weighted by Crippen LogP contribution is -2.44. The number of carbonyl (C=O) groups excluding carboxylic acids is 1. The molecular weight excluding hydrogens is 256 g/mol. The van der Waals surface area contributed by atoms with Crippen molar-refractivity contribution in [3.63, 3.8) is 0 Å². The number of hydrogen-bond acceptors (Lipinski definition) is 3. The SMILES string of the molecule is O=C(O)C1CCN(C(=O)CN2CC3CCCC3C2)CC1. The molecule has 0 aromatic heterocycles. The standard InChI is InChI=1S/C15H24N2O3/c18-14(17-6-4-11(5-7-17)15(19)20)10-16-8-12-2-1-3-13(12)9-16/h11-13H,1-10H2,(H,19,20). The Morgan fingerprint density at radius 1 is 1.00 bits per heavy atom. The van der Waals surface area contributed by atoms with Gasteiger partial charge in [-0.2, -0.15) is 0 Å². The smallest absolute Gasteiger partial charge is 0.306 e. The summed E-state index contributed by atoms with van der Waals surface area (Å²) in [5.74, 6) is 0.851. The number of rotatable bonds is 3. The van der Waals surface area contributed by atoms with Gasteiger partial charge in [-0.3, -0.25) is 14.5 Å². The van der Waals surface area contributed by atoms with Crippen LogP contribution in [0.2, 0.25) is 0 Å². The molecule has 2 aliphatic heterocycles. The number of carboxylic acid groups (broad SMARTS) is 1. The number of piperidine rings is 1. The maximum Gasteiger partial charge on any atom is 0.306 e. The highest BCUT2D eigenvalue weighted by molar-refractivity contribution is 5.79. The maximum atomic E-state index is 12.3. The van der Waals surface area contributed by atoms with Gasteiger partial charge in [-0.15, -0.1) is 0 Å². The third kappa shape index (κ3) is 2.82. The topological polar surface area (TPSA) is 60.9 Å². The lowest BCUT2D eigenvalue weighted by molar-refractivity contribution is -0.145. The largest absolute Gasteiger partial charge is 0.481 e. The molecular formula is C15H24N2O3. The van der Waals surface area contributed by atoms with Gasteiger partial charge in [0.2, 0.25) is 5.91 Å². The van der Waals surface area contributed by atoms with Crippen LogP contribution >= 0.6 is 0 Å². The summed E-state index contributed by atoms with van der Waals surface area (Å²) in [5, 5.41) is 8.97. The summed E-state index contributed by atoms with van der Waals surface area (Å²) in [4.78, 5) is 27.4. The average molecular weight is 280 g/mol. The van der Waals surface area contributed by atoms with E-state index in [9.17, 15) is 9.59 Å². The van der Waals surface area contributed by atoms with E-state index in [0.29, 0.717) is 32.5 Å². The first-order valence-electron chi connectivity index (χ1n) is 7.86. The molecule has 5 heteroatoms. The number of carboxylic acids is 1. The number of amides is 1. The first-order chi connectivity index (χ1) is 9.63. The monoisotopic (exact) mass is 280 g/mol. The van der Waals surface area contributed by atoms with E-state index in [-0.39, 0.29) is 11.8 Å². The van der Waals surface area contributed by atoms with E-state index in [1.54, 1.807) is 0 Å². The summed E-state index contributed by atoms with van der Waals surface area (Å²) in [6, 6.07) is 0. The first-order valence-corrected chi connectivity index (χ1v) is 7.86. The molecule has 1 N–H and O–H groups in total. The summed E-state index contributed by atoms with van der Waals surface area (Å²) in [6.45, 7) is 3.92. The fourth-order valence-corrected chi connectivity index (χ4v) is 4.13. The number of aliphatic carboxylic acids is 1. The Morgan fingerprint density at radius 3 is 2.15 bits per heavy atom. The van der Waals surface area contributed by atoms with Crippen LogP contribution in [0, 0.1) is 17.8 Å². The van der Waals surface area contributed by atoms with Gasteiger partial charge < -0.3 is 10.0 Å². The van der Waals surface area contributed by atoms with Gasteiger partial charge in [-0.1, -0.05) is 6.42 Å². The van der Waals surface area contributed by atoms with Crippen LogP contribution in [0.15, 0.2) is 0 Å². The van der Waals surface area contributed by atoms with Crippen molar-refractivity contribution >= 4 is 11.9 Å². The normalized spacial score (nSPS) is 31.5. The van der Waals surface area contributed by atoms with E-state index in [4.69, 9.17) is 5.11 Å². The van der Waals surface area contributed by atoms with E-state index < -0.39 is 5.97 Å². The van der Waals surface area contributed by atoms with Crippen LogP contribution in [0.3, 0.4) is 0 Å². The number of nitrogens with zero attached hydrogens (tertiary/aromatic N) is 2. The van der Waals surface area contributed by atoms with Crippen molar-refractivity contribution < 1.29 is 14.7 Å². The third-order valence-corrected chi connectivity index (χ3v) is 5.36.